The van der Waals surface area contributed by atoms with Gasteiger partial charge in [-0.2, -0.15) is 0 Å². The van der Waals surface area contributed by atoms with Gasteiger partial charge >= 0.3 is 6.03 Å². The molecular weight excluding hydrogens is 446 g/mol. The third kappa shape index (κ3) is 7.53. The number of furan rings is 1. The van der Waals surface area contributed by atoms with E-state index in [1.807, 2.05) is 43.3 Å². The lowest BCUT2D eigenvalue weighted by molar-refractivity contribution is -0.132. The Labute approximate surface area is 206 Å². The zero-order chi connectivity index (χ0) is 25.0. The molecule has 8 nitrogen and oxygen atoms in total. The zero-order valence-electron chi connectivity index (χ0n) is 20.5. The maximum Gasteiger partial charge on any atom is 0.322 e. The number of carbonyl (C=O) groups excluding carboxylic acids is 2. The number of hydrogen-bond acceptors (Lipinski definition) is 5. The van der Waals surface area contributed by atoms with Crippen molar-refractivity contribution in [3.05, 3.63) is 78.3 Å². The van der Waals surface area contributed by atoms with E-state index in [0.717, 1.165) is 5.56 Å². The van der Waals surface area contributed by atoms with Crippen molar-refractivity contribution in [3.8, 4) is 11.5 Å². The first-order valence-electron chi connectivity index (χ1n) is 11.7. The van der Waals surface area contributed by atoms with Gasteiger partial charge in [0, 0.05) is 19.2 Å². The Morgan fingerprint density at radius 2 is 1.74 bits per heavy atom. The molecule has 0 aliphatic rings. The van der Waals surface area contributed by atoms with Crippen LogP contribution in [0.4, 0.5) is 10.5 Å². The summed E-state index contributed by atoms with van der Waals surface area (Å²) >= 11 is 0. The van der Waals surface area contributed by atoms with Gasteiger partial charge in [-0.3, -0.25) is 4.79 Å². The Hall–Kier alpha value is -3.94. The fourth-order valence-electron chi connectivity index (χ4n) is 3.67. The minimum absolute atomic E-state index is 0.0480. The van der Waals surface area contributed by atoms with Crippen molar-refractivity contribution in [3.63, 3.8) is 0 Å². The molecule has 0 spiro atoms. The van der Waals surface area contributed by atoms with E-state index in [2.05, 4.69) is 5.32 Å². The fraction of sp³-hybridized carbons (Fsp3) is 0.333. The van der Waals surface area contributed by atoms with Crippen LogP contribution >= 0.6 is 0 Å². The average Bonchev–Trinajstić information content (AvgIpc) is 3.40. The van der Waals surface area contributed by atoms with Crippen LogP contribution in [0.2, 0.25) is 0 Å². The first kappa shape index (κ1) is 25.7. The maximum atomic E-state index is 13.4. The van der Waals surface area contributed by atoms with Crippen molar-refractivity contribution in [2.75, 3.05) is 39.2 Å². The van der Waals surface area contributed by atoms with E-state index in [4.69, 9.17) is 13.9 Å². The predicted molar refractivity (Wildman–Crippen MR) is 135 cm³/mol. The minimum atomic E-state index is -0.371. The highest BCUT2D eigenvalue weighted by molar-refractivity contribution is 5.93. The third-order valence-corrected chi connectivity index (χ3v) is 5.55. The second kappa shape index (κ2) is 13.1. The van der Waals surface area contributed by atoms with Gasteiger partial charge in [0.15, 0.2) is 0 Å². The van der Waals surface area contributed by atoms with Gasteiger partial charge in [0.1, 0.15) is 23.8 Å². The van der Waals surface area contributed by atoms with Gasteiger partial charge in [-0.25, -0.2) is 4.79 Å². The van der Waals surface area contributed by atoms with Crippen LogP contribution in [0, 0.1) is 0 Å². The van der Waals surface area contributed by atoms with Crippen LogP contribution in [-0.2, 0) is 17.8 Å². The molecule has 0 saturated heterocycles. The first-order valence-corrected chi connectivity index (χ1v) is 11.7. The number of hydrogen-bond donors (Lipinski definition) is 1. The average molecular weight is 480 g/mol. The number of nitrogens with one attached hydrogen (secondary N) is 1. The standard InChI is InChI=1S/C27H33N3O5/c1-4-15-30(27(32)28-24-13-12-22(33-2)18-25(24)34-3)20-26(31)29(19-23-11-8-17-35-23)16-14-21-9-6-5-7-10-21/h5-13,17-18H,4,14-16,19-20H2,1-3H3,(H,28,32). The number of rotatable bonds is 12. The van der Waals surface area contributed by atoms with Crippen LogP contribution in [0.15, 0.2) is 71.3 Å². The summed E-state index contributed by atoms with van der Waals surface area (Å²) in [5.74, 6) is 1.64. The topological polar surface area (TPSA) is 84.3 Å². The number of methoxy groups -OCH3 is 2. The SMILES string of the molecule is CCCN(CC(=O)N(CCc1ccccc1)Cc1ccco1)C(=O)Nc1ccc(OC)cc1OC. The van der Waals surface area contributed by atoms with Crippen molar-refractivity contribution in [1.82, 2.24) is 9.80 Å². The Balaban J connectivity index is 1.71. The molecule has 0 fully saturated rings. The Morgan fingerprint density at radius 3 is 2.40 bits per heavy atom. The van der Waals surface area contributed by atoms with Crippen molar-refractivity contribution in [1.29, 1.82) is 0 Å². The highest BCUT2D eigenvalue weighted by atomic mass is 16.5. The van der Waals surface area contributed by atoms with E-state index in [1.165, 1.54) is 12.0 Å². The molecule has 35 heavy (non-hydrogen) atoms. The highest BCUT2D eigenvalue weighted by Gasteiger charge is 2.22. The van der Waals surface area contributed by atoms with Crippen molar-refractivity contribution >= 4 is 17.6 Å². The van der Waals surface area contributed by atoms with Crippen LogP contribution in [0.25, 0.3) is 0 Å². The number of amides is 3. The van der Waals surface area contributed by atoms with Gasteiger partial charge in [0.2, 0.25) is 5.91 Å². The van der Waals surface area contributed by atoms with Crippen molar-refractivity contribution in [2.45, 2.75) is 26.3 Å². The van der Waals surface area contributed by atoms with Crippen LogP contribution < -0.4 is 14.8 Å². The Kier molecular flexibility index (Phi) is 9.59. The lowest BCUT2D eigenvalue weighted by atomic mass is 10.1. The van der Waals surface area contributed by atoms with E-state index < -0.39 is 0 Å². The summed E-state index contributed by atoms with van der Waals surface area (Å²) in [6.07, 6.45) is 3.01. The maximum absolute atomic E-state index is 13.4. The smallest absolute Gasteiger partial charge is 0.322 e. The molecule has 0 aliphatic carbocycles. The normalized spacial score (nSPS) is 10.5. The highest BCUT2D eigenvalue weighted by Crippen LogP contribution is 2.29. The lowest BCUT2D eigenvalue weighted by Gasteiger charge is -2.27. The van der Waals surface area contributed by atoms with Gasteiger partial charge in [-0.15, -0.1) is 0 Å². The summed E-state index contributed by atoms with van der Waals surface area (Å²) in [6.45, 7) is 3.20. The molecular formula is C27H33N3O5. The molecule has 1 heterocycles. The molecule has 0 atom stereocenters. The third-order valence-electron chi connectivity index (χ3n) is 5.55. The minimum Gasteiger partial charge on any atom is -0.497 e. The number of urea groups is 1. The summed E-state index contributed by atoms with van der Waals surface area (Å²) < 4.78 is 16.1. The number of carbonyl (C=O) groups is 2. The van der Waals surface area contributed by atoms with Gasteiger partial charge in [0.05, 0.1) is 32.7 Å². The van der Waals surface area contributed by atoms with Gasteiger partial charge in [-0.05, 0) is 42.7 Å². The molecule has 8 heteroatoms. The number of nitrogens with zero attached hydrogens (tertiary/aromatic N) is 2. The summed E-state index contributed by atoms with van der Waals surface area (Å²) in [7, 11) is 3.09. The largest absolute Gasteiger partial charge is 0.497 e. The zero-order valence-corrected chi connectivity index (χ0v) is 20.5. The quantitative estimate of drug-likeness (QED) is 0.403. The van der Waals surface area contributed by atoms with Crippen molar-refractivity contribution < 1.29 is 23.5 Å². The number of benzene rings is 2. The molecule has 3 rings (SSSR count). The van der Waals surface area contributed by atoms with E-state index in [0.29, 0.717) is 55.4 Å². The summed E-state index contributed by atoms with van der Waals surface area (Å²) in [5.41, 5.74) is 1.64. The molecule has 0 unspecified atom stereocenters. The molecule has 0 bridgehead atoms. The monoisotopic (exact) mass is 479 g/mol. The fourth-order valence-corrected chi connectivity index (χ4v) is 3.67. The van der Waals surface area contributed by atoms with E-state index in [1.54, 1.807) is 42.5 Å². The molecule has 0 saturated carbocycles. The Bertz CT molecular complexity index is 1070. The van der Waals surface area contributed by atoms with Gasteiger partial charge in [-0.1, -0.05) is 37.3 Å². The molecule has 1 aromatic heterocycles. The molecule has 3 amide bonds. The predicted octanol–water partition coefficient (Wildman–Crippen LogP) is 4.81. The summed E-state index contributed by atoms with van der Waals surface area (Å²) in [5, 5.41) is 2.86. The lowest BCUT2D eigenvalue weighted by Crippen LogP contribution is -2.45. The first-order chi connectivity index (χ1) is 17.0. The van der Waals surface area contributed by atoms with E-state index in [9.17, 15) is 9.59 Å². The van der Waals surface area contributed by atoms with Crippen LogP contribution in [-0.4, -0.2) is 55.6 Å². The summed E-state index contributed by atoms with van der Waals surface area (Å²) in [4.78, 5) is 29.7. The van der Waals surface area contributed by atoms with Crippen molar-refractivity contribution in [2.24, 2.45) is 0 Å². The van der Waals surface area contributed by atoms with E-state index >= 15 is 0 Å². The molecule has 3 aromatic rings. The number of ether oxygens (including phenoxy) is 2. The molecule has 1 N–H and O–H groups in total. The van der Waals surface area contributed by atoms with Crippen LogP contribution in [0.1, 0.15) is 24.7 Å². The second-order valence-corrected chi connectivity index (χ2v) is 8.05. The molecule has 186 valence electrons. The molecule has 0 radical (unpaired) electrons. The summed E-state index contributed by atoms with van der Waals surface area (Å²) in [6, 6.07) is 18.4. The molecule has 0 aliphatic heterocycles. The second-order valence-electron chi connectivity index (χ2n) is 8.05. The Morgan fingerprint density at radius 1 is 0.943 bits per heavy atom. The van der Waals surface area contributed by atoms with Gasteiger partial charge in [0.25, 0.3) is 0 Å². The molecule has 2 aromatic carbocycles. The van der Waals surface area contributed by atoms with Crippen LogP contribution in [0.3, 0.4) is 0 Å². The van der Waals surface area contributed by atoms with Crippen LogP contribution in [0.5, 0.6) is 11.5 Å². The van der Waals surface area contributed by atoms with Gasteiger partial charge < -0.3 is 29.0 Å². The van der Waals surface area contributed by atoms with E-state index in [-0.39, 0.29) is 18.5 Å². The number of anilines is 1.